The molecule has 122 valence electrons. The molecule has 0 saturated heterocycles. The van der Waals surface area contributed by atoms with E-state index in [0.29, 0.717) is 37.3 Å². The second-order valence-electron chi connectivity index (χ2n) is 4.77. The van der Waals surface area contributed by atoms with E-state index in [-0.39, 0.29) is 11.8 Å². The Kier molecular flexibility index (Phi) is 7.56. The van der Waals surface area contributed by atoms with Crippen LogP contribution < -0.4 is 0 Å². The molecule has 0 aliphatic rings. The average Bonchev–Trinajstić information content (AvgIpc) is 2.51. The van der Waals surface area contributed by atoms with Crippen LogP contribution in [0.3, 0.4) is 0 Å². The van der Waals surface area contributed by atoms with Gasteiger partial charge in [0.2, 0.25) is 0 Å². The molecule has 6 heteroatoms. The highest BCUT2D eigenvalue weighted by atomic mass is 79.9. The summed E-state index contributed by atoms with van der Waals surface area (Å²) in [6.07, 6.45) is 0. The highest BCUT2D eigenvalue weighted by molar-refractivity contribution is 9.13. The van der Waals surface area contributed by atoms with Gasteiger partial charge in [0.05, 0.1) is 11.1 Å². The number of halogens is 2. The first-order chi connectivity index (χ1) is 10.4. The standard InChI is InChI=1S/C16H22Br2N2O2/c1-5-19(6-2)15(21)11-9-13(17)14(18)10-12(11)16(22)20(7-3)8-4/h9-10H,5-8H2,1-4H3. The van der Waals surface area contributed by atoms with Gasteiger partial charge in [-0.05, 0) is 71.7 Å². The fraction of sp³-hybridized carbons (Fsp3) is 0.500. The van der Waals surface area contributed by atoms with Crippen LogP contribution in [0.25, 0.3) is 0 Å². The topological polar surface area (TPSA) is 40.6 Å². The number of hydrogen-bond acceptors (Lipinski definition) is 2. The van der Waals surface area contributed by atoms with Crippen LogP contribution in [0, 0.1) is 0 Å². The molecule has 0 saturated carbocycles. The van der Waals surface area contributed by atoms with Crippen LogP contribution in [0.5, 0.6) is 0 Å². The maximum atomic E-state index is 12.7. The number of amides is 2. The van der Waals surface area contributed by atoms with E-state index in [9.17, 15) is 9.59 Å². The lowest BCUT2D eigenvalue weighted by atomic mass is 10.0. The first-order valence-electron chi connectivity index (χ1n) is 7.48. The molecule has 0 unspecified atom stereocenters. The first kappa shape index (κ1) is 19.2. The molecular weight excluding hydrogens is 412 g/mol. The molecule has 1 rings (SSSR count). The highest BCUT2D eigenvalue weighted by Gasteiger charge is 2.24. The van der Waals surface area contributed by atoms with Crippen LogP contribution in [-0.4, -0.2) is 47.8 Å². The SMILES string of the molecule is CCN(CC)C(=O)c1cc(Br)c(Br)cc1C(=O)N(CC)CC. The maximum absolute atomic E-state index is 12.7. The van der Waals surface area contributed by atoms with Gasteiger partial charge in [0.25, 0.3) is 11.8 Å². The van der Waals surface area contributed by atoms with Crippen LogP contribution in [0.4, 0.5) is 0 Å². The minimum absolute atomic E-state index is 0.117. The quantitative estimate of drug-likeness (QED) is 0.675. The zero-order chi connectivity index (χ0) is 16.9. The monoisotopic (exact) mass is 432 g/mol. The van der Waals surface area contributed by atoms with Gasteiger partial charge in [-0.1, -0.05) is 0 Å². The Hall–Kier alpha value is -0.880. The Morgan fingerprint density at radius 3 is 1.27 bits per heavy atom. The van der Waals surface area contributed by atoms with E-state index >= 15 is 0 Å². The van der Waals surface area contributed by atoms with Gasteiger partial charge in [-0.3, -0.25) is 9.59 Å². The number of nitrogens with zero attached hydrogens (tertiary/aromatic N) is 2. The summed E-state index contributed by atoms with van der Waals surface area (Å²) in [5.41, 5.74) is 0.881. The van der Waals surface area contributed by atoms with Gasteiger partial charge < -0.3 is 9.80 Å². The Morgan fingerprint density at radius 1 is 0.773 bits per heavy atom. The molecule has 0 N–H and O–H groups in total. The molecule has 2 amide bonds. The molecule has 0 aromatic heterocycles. The van der Waals surface area contributed by atoms with Crippen molar-refractivity contribution >= 4 is 43.7 Å². The van der Waals surface area contributed by atoms with Gasteiger partial charge in [0, 0.05) is 35.1 Å². The summed E-state index contributed by atoms with van der Waals surface area (Å²) in [5, 5.41) is 0. The van der Waals surface area contributed by atoms with Crippen molar-refractivity contribution in [3.05, 3.63) is 32.2 Å². The maximum Gasteiger partial charge on any atom is 0.254 e. The van der Waals surface area contributed by atoms with Crippen molar-refractivity contribution in [2.75, 3.05) is 26.2 Å². The van der Waals surface area contributed by atoms with Gasteiger partial charge in [0.15, 0.2) is 0 Å². The zero-order valence-electron chi connectivity index (χ0n) is 13.4. The van der Waals surface area contributed by atoms with E-state index in [4.69, 9.17) is 0 Å². The fourth-order valence-corrected chi connectivity index (χ4v) is 2.95. The molecule has 0 aliphatic heterocycles. The summed E-state index contributed by atoms with van der Waals surface area (Å²) in [4.78, 5) is 28.9. The Bertz CT molecular complexity index is 504. The molecule has 1 aromatic carbocycles. The van der Waals surface area contributed by atoms with E-state index in [1.807, 2.05) is 27.7 Å². The van der Waals surface area contributed by atoms with E-state index < -0.39 is 0 Å². The number of benzene rings is 1. The van der Waals surface area contributed by atoms with Crippen molar-refractivity contribution in [1.29, 1.82) is 0 Å². The van der Waals surface area contributed by atoms with E-state index in [0.717, 1.165) is 8.95 Å². The van der Waals surface area contributed by atoms with Crippen LogP contribution in [0.1, 0.15) is 48.4 Å². The Morgan fingerprint density at radius 2 is 1.05 bits per heavy atom. The van der Waals surface area contributed by atoms with E-state index in [1.54, 1.807) is 21.9 Å². The summed E-state index contributed by atoms with van der Waals surface area (Å²) < 4.78 is 1.53. The number of hydrogen-bond donors (Lipinski definition) is 0. The van der Waals surface area contributed by atoms with Crippen molar-refractivity contribution in [3.8, 4) is 0 Å². The summed E-state index contributed by atoms with van der Waals surface area (Å²) in [7, 11) is 0. The largest absolute Gasteiger partial charge is 0.339 e. The summed E-state index contributed by atoms with van der Waals surface area (Å²) in [6.45, 7) is 10.2. The number of carbonyl (C=O) groups excluding carboxylic acids is 2. The van der Waals surface area contributed by atoms with Crippen LogP contribution >= 0.6 is 31.9 Å². The molecule has 0 fully saturated rings. The first-order valence-corrected chi connectivity index (χ1v) is 9.07. The van der Waals surface area contributed by atoms with Crippen molar-refractivity contribution in [2.24, 2.45) is 0 Å². The minimum atomic E-state index is -0.117. The molecule has 22 heavy (non-hydrogen) atoms. The second-order valence-corrected chi connectivity index (χ2v) is 6.48. The lowest BCUT2D eigenvalue weighted by molar-refractivity contribution is 0.0733. The van der Waals surface area contributed by atoms with Crippen molar-refractivity contribution in [3.63, 3.8) is 0 Å². The molecule has 0 heterocycles. The van der Waals surface area contributed by atoms with Crippen LogP contribution in [0.2, 0.25) is 0 Å². The predicted molar refractivity (Wildman–Crippen MR) is 96.3 cm³/mol. The van der Waals surface area contributed by atoms with Gasteiger partial charge >= 0.3 is 0 Å². The molecule has 0 aliphatic carbocycles. The zero-order valence-corrected chi connectivity index (χ0v) is 16.6. The summed E-state index contributed by atoms with van der Waals surface area (Å²) in [5.74, 6) is -0.234. The van der Waals surface area contributed by atoms with Crippen molar-refractivity contribution in [1.82, 2.24) is 9.80 Å². The van der Waals surface area contributed by atoms with Crippen LogP contribution in [-0.2, 0) is 0 Å². The van der Waals surface area contributed by atoms with Gasteiger partial charge in [-0.15, -0.1) is 0 Å². The third-order valence-electron chi connectivity index (χ3n) is 3.62. The number of carbonyl (C=O) groups is 2. The van der Waals surface area contributed by atoms with E-state index in [1.165, 1.54) is 0 Å². The smallest absolute Gasteiger partial charge is 0.254 e. The van der Waals surface area contributed by atoms with Crippen LogP contribution in [0.15, 0.2) is 21.1 Å². The fourth-order valence-electron chi connectivity index (χ4n) is 2.26. The molecule has 0 bridgehead atoms. The Balaban J connectivity index is 3.40. The van der Waals surface area contributed by atoms with Gasteiger partial charge in [-0.2, -0.15) is 0 Å². The van der Waals surface area contributed by atoms with Gasteiger partial charge in [0.1, 0.15) is 0 Å². The number of rotatable bonds is 6. The molecule has 1 aromatic rings. The molecule has 0 spiro atoms. The summed E-state index contributed by atoms with van der Waals surface area (Å²) >= 11 is 6.84. The second kappa shape index (κ2) is 8.67. The lowest BCUT2D eigenvalue weighted by Crippen LogP contribution is -2.35. The van der Waals surface area contributed by atoms with E-state index in [2.05, 4.69) is 31.9 Å². The molecule has 0 atom stereocenters. The van der Waals surface area contributed by atoms with Crippen molar-refractivity contribution < 1.29 is 9.59 Å². The lowest BCUT2D eigenvalue weighted by Gasteiger charge is -2.24. The molecule has 4 nitrogen and oxygen atoms in total. The average molecular weight is 434 g/mol. The third-order valence-corrected chi connectivity index (χ3v) is 5.47. The summed E-state index contributed by atoms with van der Waals surface area (Å²) in [6, 6.07) is 3.45. The Labute approximate surface area is 149 Å². The highest BCUT2D eigenvalue weighted by Crippen LogP contribution is 2.28. The predicted octanol–water partition coefficient (Wildman–Crippen LogP) is 4.18. The molecular formula is C16H22Br2N2O2. The third kappa shape index (κ3) is 4.10. The molecule has 0 radical (unpaired) electrons. The van der Waals surface area contributed by atoms with Gasteiger partial charge in [-0.25, -0.2) is 0 Å². The van der Waals surface area contributed by atoms with Crippen molar-refractivity contribution in [2.45, 2.75) is 27.7 Å². The normalized spacial score (nSPS) is 10.5. The minimum Gasteiger partial charge on any atom is -0.339 e.